The Balaban J connectivity index is 1.96. The van der Waals surface area contributed by atoms with Crippen LogP contribution in [0.25, 0.3) is 0 Å². The highest BCUT2D eigenvalue weighted by Gasteiger charge is 2.59. The topological polar surface area (TPSA) is 12.0 Å². The fourth-order valence-corrected chi connectivity index (χ4v) is 6.29. The summed E-state index contributed by atoms with van der Waals surface area (Å²) in [5.41, 5.74) is 3.30. The Morgan fingerprint density at radius 3 is 2.25 bits per heavy atom. The lowest BCUT2D eigenvalue weighted by Gasteiger charge is -2.44. The molecule has 0 radical (unpaired) electrons. The first-order chi connectivity index (χ1) is 9.24. The molecule has 2 fully saturated rings. The Morgan fingerprint density at radius 1 is 1.15 bits per heavy atom. The number of nitrogens with one attached hydrogen (secondary N) is 1. The molecule has 0 heterocycles. The van der Waals surface area contributed by atoms with E-state index in [-0.39, 0.29) is 0 Å². The summed E-state index contributed by atoms with van der Waals surface area (Å²) in [6.07, 6.45) is 4.14. The van der Waals surface area contributed by atoms with Gasteiger partial charge in [-0.25, -0.2) is 0 Å². The number of halogens is 2. The molecule has 1 unspecified atom stereocenters. The van der Waals surface area contributed by atoms with Crippen LogP contribution in [0, 0.1) is 23.7 Å². The zero-order chi connectivity index (χ0) is 14.7. The van der Waals surface area contributed by atoms with Crippen molar-refractivity contribution in [3.63, 3.8) is 0 Å². The summed E-state index contributed by atoms with van der Waals surface area (Å²) in [6, 6.07) is 4.93. The van der Waals surface area contributed by atoms with Crippen molar-refractivity contribution < 1.29 is 0 Å². The number of aryl methyl sites for hydroxylation is 1. The average Bonchev–Trinajstić information content (AvgIpc) is 2.77. The van der Waals surface area contributed by atoms with Gasteiger partial charge in [0.2, 0.25) is 0 Å². The third kappa shape index (κ3) is 2.16. The van der Waals surface area contributed by atoms with E-state index >= 15 is 0 Å². The lowest BCUT2D eigenvalue weighted by molar-refractivity contribution is 0.155. The molecule has 0 aromatic heterocycles. The minimum Gasteiger partial charge on any atom is -0.379 e. The van der Waals surface area contributed by atoms with Gasteiger partial charge >= 0.3 is 0 Å². The zero-order valence-electron chi connectivity index (χ0n) is 12.7. The zero-order valence-corrected chi connectivity index (χ0v) is 15.9. The van der Waals surface area contributed by atoms with E-state index in [0.717, 1.165) is 14.9 Å². The van der Waals surface area contributed by atoms with Crippen molar-refractivity contribution in [1.82, 2.24) is 0 Å². The Bertz CT molecular complexity index is 524. The smallest absolute Gasteiger partial charge is 0.0631 e. The van der Waals surface area contributed by atoms with Crippen molar-refractivity contribution in [2.24, 2.45) is 16.7 Å². The minimum absolute atomic E-state index is 0.372. The van der Waals surface area contributed by atoms with Crippen LogP contribution >= 0.6 is 31.9 Å². The molecule has 3 atom stereocenters. The number of fused-ring (bicyclic) bond motifs is 2. The predicted octanol–water partition coefficient (Wildman–Crippen LogP) is 6.15. The third-order valence-electron chi connectivity index (χ3n) is 5.74. The van der Waals surface area contributed by atoms with E-state index in [1.54, 1.807) is 0 Å². The Hall–Kier alpha value is -0.0200. The van der Waals surface area contributed by atoms with Gasteiger partial charge in [-0.15, -0.1) is 0 Å². The molecule has 2 aliphatic carbocycles. The molecule has 110 valence electrons. The van der Waals surface area contributed by atoms with E-state index in [0.29, 0.717) is 16.9 Å². The number of hydrogen-bond acceptors (Lipinski definition) is 1. The summed E-state index contributed by atoms with van der Waals surface area (Å²) in [7, 11) is 0. The minimum atomic E-state index is 0.372. The first-order valence-corrected chi connectivity index (χ1v) is 9.05. The Morgan fingerprint density at radius 2 is 1.75 bits per heavy atom. The first-order valence-electron chi connectivity index (χ1n) is 7.46. The molecule has 0 saturated heterocycles. The molecule has 20 heavy (non-hydrogen) atoms. The first kappa shape index (κ1) is 14.9. The van der Waals surface area contributed by atoms with E-state index in [1.807, 2.05) is 0 Å². The van der Waals surface area contributed by atoms with E-state index in [4.69, 9.17) is 0 Å². The van der Waals surface area contributed by atoms with Gasteiger partial charge in [0.1, 0.15) is 0 Å². The molecule has 1 aromatic carbocycles. The van der Waals surface area contributed by atoms with Gasteiger partial charge in [-0.2, -0.15) is 0 Å². The number of benzene rings is 1. The highest BCUT2D eigenvalue weighted by Crippen LogP contribution is 2.63. The van der Waals surface area contributed by atoms with Crippen LogP contribution in [-0.4, -0.2) is 6.04 Å². The normalized spacial score (nSPS) is 34.5. The Kier molecular flexibility index (Phi) is 3.53. The van der Waals surface area contributed by atoms with Crippen LogP contribution in [0.5, 0.6) is 0 Å². The van der Waals surface area contributed by atoms with Crippen molar-refractivity contribution >= 4 is 37.5 Å². The molecule has 1 N–H and O–H groups in total. The fraction of sp³-hybridized carbons (Fsp3) is 0.647. The summed E-state index contributed by atoms with van der Waals surface area (Å²) in [5, 5.41) is 3.87. The van der Waals surface area contributed by atoms with Crippen LogP contribution in [0.4, 0.5) is 5.69 Å². The van der Waals surface area contributed by atoms with E-state index < -0.39 is 0 Å². The Labute approximate surface area is 139 Å². The quantitative estimate of drug-likeness (QED) is 0.627. The molecule has 3 rings (SSSR count). The van der Waals surface area contributed by atoms with E-state index in [1.165, 1.54) is 30.5 Å². The standard InChI is InChI=1S/C17H23Br2N/c1-10-7-12(18)14(13(19)8-10)20-15-16(2,3)11-5-6-17(15,4)9-11/h7-8,11,15,20H,5-6,9H2,1-4H3/t11-,15?,17+/m0/s1. The van der Waals surface area contributed by atoms with Crippen LogP contribution in [0.2, 0.25) is 0 Å². The van der Waals surface area contributed by atoms with Gasteiger partial charge in [0.05, 0.1) is 5.69 Å². The van der Waals surface area contributed by atoms with Crippen LogP contribution in [0.15, 0.2) is 21.1 Å². The monoisotopic (exact) mass is 399 g/mol. The molecule has 1 nitrogen and oxygen atoms in total. The van der Waals surface area contributed by atoms with Gasteiger partial charge < -0.3 is 5.32 Å². The molecular formula is C17H23Br2N. The lowest BCUT2D eigenvalue weighted by atomic mass is 9.68. The van der Waals surface area contributed by atoms with Gasteiger partial charge in [-0.3, -0.25) is 0 Å². The van der Waals surface area contributed by atoms with Crippen LogP contribution in [0.3, 0.4) is 0 Å². The number of anilines is 1. The van der Waals surface area contributed by atoms with Gasteiger partial charge in [0.15, 0.2) is 0 Å². The second kappa shape index (κ2) is 4.74. The molecule has 3 heteroatoms. The van der Waals surface area contributed by atoms with E-state index in [2.05, 4.69) is 77.0 Å². The van der Waals surface area contributed by atoms with E-state index in [9.17, 15) is 0 Å². The summed E-state index contributed by atoms with van der Waals surface area (Å²) >= 11 is 7.44. The van der Waals surface area contributed by atoms with Crippen molar-refractivity contribution in [3.8, 4) is 0 Å². The summed E-state index contributed by atoms with van der Waals surface area (Å²) in [6.45, 7) is 9.48. The van der Waals surface area contributed by atoms with Crippen LogP contribution < -0.4 is 5.32 Å². The molecular weight excluding hydrogens is 378 g/mol. The SMILES string of the molecule is Cc1cc(Br)c(NC2C(C)(C)[C@H]3CC[C@]2(C)C3)c(Br)c1. The van der Waals surface area contributed by atoms with Crippen molar-refractivity contribution in [2.45, 2.75) is 53.0 Å². The molecule has 0 spiro atoms. The third-order valence-corrected chi connectivity index (χ3v) is 7.00. The molecule has 2 aliphatic rings. The van der Waals surface area contributed by atoms with Crippen molar-refractivity contribution in [1.29, 1.82) is 0 Å². The van der Waals surface area contributed by atoms with Gasteiger partial charge in [0.25, 0.3) is 0 Å². The second-order valence-electron chi connectivity index (χ2n) is 7.60. The molecule has 2 saturated carbocycles. The van der Waals surface area contributed by atoms with Crippen LogP contribution in [-0.2, 0) is 0 Å². The summed E-state index contributed by atoms with van der Waals surface area (Å²) < 4.78 is 2.32. The second-order valence-corrected chi connectivity index (χ2v) is 9.30. The molecule has 0 aliphatic heterocycles. The number of rotatable bonds is 2. The molecule has 0 amide bonds. The summed E-state index contributed by atoms with van der Waals surface area (Å²) in [5.74, 6) is 0.869. The largest absolute Gasteiger partial charge is 0.379 e. The average molecular weight is 401 g/mol. The summed E-state index contributed by atoms with van der Waals surface area (Å²) in [4.78, 5) is 0. The van der Waals surface area contributed by atoms with Crippen molar-refractivity contribution in [3.05, 3.63) is 26.6 Å². The lowest BCUT2D eigenvalue weighted by Crippen LogP contribution is -2.45. The van der Waals surface area contributed by atoms with Gasteiger partial charge in [-0.1, -0.05) is 20.8 Å². The fourth-order valence-electron chi connectivity index (χ4n) is 4.64. The maximum atomic E-state index is 3.87. The van der Waals surface area contributed by atoms with Gasteiger partial charge in [0, 0.05) is 15.0 Å². The van der Waals surface area contributed by atoms with Crippen LogP contribution in [0.1, 0.15) is 45.6 Å². The maximum absolute atomic E-state index is 3.87. The maximum Gasteiger partial charge on any atom is 0.0631 e. The highest BCUT2D eigenvalue weighted by atomic mass is 79.9. The molecule has 1 aromatic rings. The van der Waals surface area contributed by atoms with Crippen molar-refractivity contribution in [2.75, 3.05) is 5.32 Å². The van der Waals surface area contributed by atoms with Gasteiger partial charge in [-0.05, 0) is 92.5 Å². The molecule has 2 bridgehead atoms. The number of hydrogen-bond donors (Lipinski definition) is 1. The predicted molar refractivity (Wildman–Crippen MR) is 93.2 cm³/mol. The highest BCUT2D eigenvalue weighted by molar-refractivity contribution is 9.11.